The van der Waals surface area contributed by atoms with Crippen molar-refractivity contribution in [2.24, 2.45) is 5.73 Å². The van der Waals surface area contributed by atoms with Crippen LogP contribution in [0, 0.1) is 17.0 Å². The molecule has 104 valence electrons. The van der Waals surface area contributed by atoms with E-state index in [9.17, 15) is 10.1 Å². The Labute approximate surface area is 121 Å². The predicted octanol–water partition coefficient (Wildman–Crippen LogP) is 3.81. The third kappa shape index (κ3) is 2.89. The van der Waals surface area contributed by atoms with Crippen molar-refractivity contribution in [3.05, 3.63) is 62.7 Å². The predicted molar refractivity (Wildman–Crippen MR) is 77.3 cm³/mol. The van der Waals surface area contributed by atoms with Crippen molar-refractivity contribution in [2.75, 3.05) is 0 Å². The zero-order valence-electron chi connectivity index (χ0n) is 10.8. The maximum atomic E-state index is 11.1. The number of para-hydroxylation sites is 1. The van der Waals surface area contributed by atoms with Gasteiger partial charge in [-0.15, -0.1) is 0 Å². The molecule has 0 fully saturated rings. The first-order chi connectivity index (χ1) is 9.52. The van der Waals surface area contributed by atoms with E-state index in [1.165, 1.54) is 0 Å². The lowest BCUT2D eigenvalue weighted by Crippen LogP contribution is -2.01. The van der Waals surface area contributed by atoms with Crippen molar-refractivity contribution in [3.8, 4) is 11.5 Å². The van der Waals surface area contributed by atoms with Gasteiger partial charge in [0.05, 0.1) is 4.92 Å². The smallest absolute Gasteiger partial charge is 0.314 e. The third-order valence-corrected chi connectivity index (χ3v) is 3.08. The number of hydrogen-bond acceptors (Lipinski definition) is 4. The van der Waals surface area contributed by atoms with Gasteiger partial charge in [0.15, 0.2) is 0 Å². The summed E-state index contributed by atoms with van der Waals surface area (Å²) in [6, 6.07) is 9.90. The van der Waals surface area contributed by atoms with E-state index in [1.807, 2.05) is 0 Å². The fourth-order valence-corrected chi connectivity index (χ4v) is 2.07. The van der Waals surface area contributed by atoms with Crippen molar-refractivity contribution in [1.29, 1.82) is 0 Å². The van der Waals surface area contributed by atoms with E-state index in [4.69, 9.17) is 22.1 Å². The standard InChI is InChI=1S/C14H13ClN2O3/c1-9-3-2-4-13(14(9)17(18)19)20-12-6-5-11(15)7-10(12)8-16/h2-7H,8,16H2,1H3. The minimum Gasteiger partial charge on any atom is -0.450 e. The van der Waals surface area contributed by atoms with Crippen LogP contribution in [0.5, 0.6) is 11.5 Å². The van der Waals surface area contributed by atoms with Gasteiger partial charge in [-0.1, -0.05) is 23.7 Å². The molecule has 0 bridgehead atoms. The summed E-state index contributed by atoms with van der Waals surface area (Å²) in [6.45, 7) is 1.90. The van der Waals surface area contributed by atoms with Gasteiger partial charge in [0.25, 0.3) is 0 Å². The number of nitro groups is 1. The van der Waals surface area contributed by atoms with E-state index < -0.39 is 4.92 Å². The van der Waals surface area contributed by atoms with Crippen LogP contribution in [-0.4, -0.2) is 4.92 Å². The lowest BCUT2D eigenvalue weighted by molar-refractivity contribution is -0.386. The van der Waals surface area contributed by atoms with Crippen LogP contribution in [0.25, 0.3) is 0 Å². The molecule has 0 radical (unpaired) electrons. The summed E-state index contributed by atoms with van der Waals surface area (Å²) in [5.74, 6) is 0.651. The molecule has 0 spiro atoms. The minimum atomic E-state index is -0.456. The molecule has 0 saturated heterocycles. The molecular weight excluding hydrogens is 280 g/mol. The Bertz CT molecular complexity index is 659. The number of halogens is 1. The Hall–Kier alpha value is -2.11. The van der Waals surface area contributed by atoms with Gasteiger partial charge < -0.3 is 10.5 Å². The zero-order chi connectivity index (χ0) is 14.7. The zero-order valence-corrected chi connectivity index (χ0v) is 11.6. The minimum absolute atomic E-state index is 0.0505. The van der Waals surface area contributed by atoms with E-state index >= 15 is 0 Å². The highest BCUT2D eigenvalue weighted by Gasteiger charge is 2.19. The van der Waals surface area contributed by atoms with Gasteiger partial charge in [0.1, 0.15) is 5.75 Å². The summed E-state index contributed by atoms with van der Waals surface area (Å²) in [4.78, 5) is 10.7. The molecule has 2 aromatic rings. The number of nitrogens with two attached hydrogens (primary N) is 1. The van der Waals surface area contributed by atoms with Crippen molar-refractivity contribution < 1.29 is 9.66 Å². The Kier molecular flexibility index (Phi) is 4.22. The van der Waals surface area contributed by atoms with Gasteiger partial charge in [-0.2, -0.15) is 0 Å². The van der Waals surface area contributed by atoms with Crippen molar-refractivity contribution in [3.63, 3.8) is 0 Å². The average molecular weight is 293 g/mol. The molecule has 0 aliphatic heterocycles. The molecule has 0 saturated carbocycles. The first-order valence-corrected chi connectivity index (χ1v) is 6.31. The summed E-state index contributed by atoms with van der Waals surface area (Å²) in [6.07, 6.45) is 0. The third-order valence-electron chi connectivity index (χ3n) is 2.85. The van der Waals surface area contributed by atoms with Gasteiger partial charge in [-0.25, -0.2) is 0 Å². The molecule has 0 atom stereocenters. The summed E-state index contributed by atoms with van der Waals surface area (Å²) < 4.78 is 5.65. The van der Waals surface area contributed by atoms with Crippen LogP contribution in [0.4, 0.5) is 5.69 Å². The van der Waals surface area contributed by atoms with Gasteiger partial charge in [-0.3, -0.25) is 10.1 Å². The maximum absolute atomic E-state index is 11.1. The number of benzene rings is 2. The fourth-order valence-electron chi connectivity index (χ4n) is 1.87. The van der Waals surface area contributed by atoms with Crippen LogP contribution in [0.1, 0.15) is 11.1 Å². The molecule has 20 heavy (non-hydrogen) atoms. The molecule has 5 nitrogen and oxygen atoms in total. The highest BCUT2D eigenvalue weighted by Crippen LogP contribution is 2.35. The van der Waals surface area contributed by atoms with Crippen LogP contribution < -0.4 is 10.5 Å². The SMILES string of the molecule is Cc1cccc(Oc2ccc(Cl)cc2CN)c1[N+](=O)[O-]. The van der Waals surface area contributed by atoms with Gasteiger partial charge in [0, 0.05) is 22.7 Å². The summed E-state index contributed by atoms with van der Waals surface area (Å²) >= 11 is 5.89. The van der Waals surface area contributed by atoms with Crippen molar-refractivity contribution in [2.45, 2.75) is 13.5 Å². The molecule has 0 amide bonds. The summed E-state index contributed by atoms with van der Waals surface area (Å²) in [5, 5.41) is 11.7. The highest BCUT2D eigenvalue weighted by atomic mass is 35.5. The van der Waals surface area contributed by atoms with E-state index in [0.29, 0.717) is 21.9 Å². The molecule has 0 aromatic heterocycles. The molecular formula is C14H13ClN2O3. The molecule has 0 aliphatic carbocycles. The quantitative estimate of drug-likeness (QED) is 0.686. The van der Waals surface area contributed by atoms with E-state index in [0.717, 1.165) is 0 Å². The number of ether oxygens (including phenoxy) is 1. The summed E-state index contributed by atoms with van der Waals surface area (Å²) in [5.41, 5.74) is 6.80. The number of nitro benzene ring substituents is 1. The second-order valence-electron chi connectivity index (χ2n) is 4.24. The first-order valence-electron chi connectivity index (χ1n) is 5.93. The van der Waals surface area contributed by atoms with E-state index in [2.05, 4.69) is 0 Å². The molecule has 0 aliphatic rings. The number of nitrogens with zero attached hydrogens (tertiary/aromatic N) is 1. The lowest BCUT2D eigenvalue weighted by Gasteiger charge is -2.11. The Morgan fingerprint density at radius 2 is 2.05 bits per heavy atom. The lowest BCUT2D eigenvalue weighted by atomic mass is 10.1. The molecule has 0 heterocycles. The second kappa shape index (κ2) is 5.90. The Balaban J connectivity index is 2.45. The summed E-state index contributed by atoms with van der Waals surface area (Å²) in [7, 11) is 0. The fraction of sp³-hybridized carbons (Fsp3) is 0.143. The molecule has 2 rings (SSSR count). The van der Waals surface area contributed by atoms with Gasteiger partial charge >= 0.3 is 5.69 Å². The highest BCUT2D eigenvalue weighted by molar-refractivity contribution is 6.30. The van der Waals surface area contributed by atoms with Crippen LogP contribution in [0.3, 0.4) is 0 Å². The normalized spacial score (nSPS) is 10.3. The first kappa shape index (κ1) is 14.3. The molecule has 0 unspecified atom stereocenters. The van der Waals surface area contributed by atoms with Gasteiger partial charge in [-0.05, 0) is 31.2 Å². The van der Waals surface area contributed by atoms with E-state index in [1.54, 1.807) is 43.3 Å². The van der Waals surface area contributed by atoms with Crippen molar-refractivity contribution >= 4 is 17.3 Å². The second-order valence-corrected chi connectivity index (χ2v) is 4.67. The van der Waals surface area contributed by atoms with Crippen LogP contribution in [-0.2, 0) is 6.54 Å². The topological polar surface area (TPSA) is 78.4 Å². The van der Waals surface area contributed by atoms with E-state index in [-0.39, 0.29) is 18.0 Å². The maximum Gasteiger partial charge on any atom is 0.314 e. The van der Waals surface area contributed by atoms with Crippen LogP contribution >= 0.6 is 11.6 Å². The molecule has 2 aromatic carbocycles. The molecule has 6 heteroatoms. The van der Waals surface area contributed by atoms with Crippen molar-refractivity contribution in [1.82, 2.24) is 0 Å². The largest absolute Gasteiger partial charge is 0.450 e. The average Bonchev–Trinajstić information content (AvgIpc) is 2.40. The monoisotopic (exact) mass is 292 g/mol. The Morgan fingerprint density at radius 3 is 2.70 bits per heavy atom. The number of hydrogen-bond donors (Lipinski definition) is 1. The molecule has 2 N–H and O–H groups in total. The van der Waals surface area contributed by atoms with Gasteiger partial charge in [0.2, 0.25) is 5.75 Å². The Morgan fingerprint density at radius 1 is 1.30 bits per heavy atom. The van der Waals surface area contributed by atoms with Crippen LogP contribution in [0.15, 0.2) is 36.4 Å². The number of aryl methyl sites for hydroxylation is 1. The van der Waals surface area contributed by atoms with Crippen LogP contribution in [0.2, 0.25) is 5.02 Å². The number of rotatable bonds is 4.